The Labute approximate surface area is 161 Å². The number of nitrogens with two attached hydrogens (primary N) is 1. The van der Waals surface area contributed by atoms with Crippen LogP contribution in [0.1, 0.15) is 44.9 Å². The maximum Gasteiger partial charge on any atom is 0.269 e. The second-order valence-corrected chi connectivity index (χ2v) is 6.88. The van der Waals surface area contributed by atoms with Crippen LogP contribution in [0.25, 0.3) is 0 Å². The minimum absolute atomic E-state index is 0.0151. The molecule has 2 amide bonds. The van der Waals surface area contributed by atoms with Crippen LogP contribution in [0, 0.1) is 18.3 Å². The number of anilines is 1. The van der Waals surface area contributed by atoms with Crippen molar-refractivity contribution >= 4 is 29.2 Å². The van der Waals surface area contributed by atoms with E-state index in [0.29, 0.717) is 48.6 Å². The van der Waals surface area contributed by atoms with Crippen molar-refractivity contribution in [2.45, 2.75) is 25.8 Å². The smallest absolute Gasteiger partial charge is 0.269 e. The number of H-pyrrole nitrogens is 1. The predicted molar refractivity (Wildman–Crippen MR) is 101 cm³/mol. The second-order valence-electron chi connectivity index (χ2n) is 6.49. The number of rotatable bonds is 4. The Morgan fingerprint density at radius 1 is 1.37 bits per heavy atom. The van der Waals surface area contributed by atoms with Gasteiger partial charge >= 0.3 is 0 Å². The fourth-order valence-electron chi connectivity index (χ4n) is 3.15. The summed E-state index contributed by atoms with van der Waals surface area (Å²) in [6.07, 6.45) is 1.40. The molecule has 0 spiro atoms. The number of hydrogen-bond acceptors (Lipinski definition) is 5. The van der Waals surface area contributed by atoms with E-state index in [-0.39, 0.29) is 17.1 Å². The van der Waals surface area contributed by atoms with Crippen LogP contribution in [-0.4, -0.2) is 40.9 Å². The molecule has 1 fully saturated rings. The maximum absolute atomic E-state index is 12.4. The number of hydrogen-bond donors (Lipinski definition) is 3. The van der Waals surface area contributed by atoms with Crippen molar-refractivity contribution in [2.24, 2.45) is 5.73 Å². The van der Waals surface area contributed by atoms with Gasteiger partial charge in [-0.3, -0.25) is 9.59 Å². The van der Waals surface area contributed by atoms with E-state index in [4.69, 9.17) is 22.6 Å². The molecule has 2 aromatic rings. The summed E-state index contributed by atoms with van der Waals surface area (Å²) >= 11 is 5.98. The number of aromatic nitrogens is 2. The van der Waals surface area contributed by atoms with Gasteiger partial charge in [-0.1, -0.05) is 11.6 Å². The highest BCUT2D eigenvalue weighted by Crippen LogP contribution is 2.22. The zero-order valence-corrected chi connectivity index (χ0v) is 15.5. The Morgan fingerprint density at radius 3 is 2.70 bits per heavy atom. The Hall–Kier alpha value is -3.05. The molecular formula is C18H19ClN6O2. The van der Waals surface area contributed by atoms with Crippen LogP contribution in [0.15, 0.2) is 18.2 Å². The van der Waals surface area contributed by atoms with Crippen LogP contribution in [-0.2, 0) is 0 Å². The first-order valence-corrected chi connectivity index (χ1v) is 8.88. The lowest BCUT2D eigenvalue weighted by atomic mass is 10.0. The molecule has 0 bridgehead atoms. The zero-order chi connectivity index (χ0) is 19.6. The molecule has 140 valence electrons. The average molecular weight is 387 g/mol. The second kappa shape index (κ2) is 7.68. The molecule has 9 heteroatoms. The minimum Gasteiger partial charge on any atom is -0.366 e. The van der Waals surface area contributed by atoms with E-state index < -0.39 is 5.91 Å². The average Bonchev–Trinajstić information content (AvgIpc) is 3.03. The molecule has 1 aliphatic rings. The van der Waals surface area contributed by atoms with Gasteiger partial charge in [-0.15, -0.1) is 0 Å². The van der Waals surface area contributed by atoms with Crippen LogP contribution >= 0.6 is 11.6 Å². The van der Waals surface area contributed by atoms with Crippen molar-refractivity contribution in [2.75, 3.05) is 18.0 Å². The van der Waals surface area contributed by atoms with Gasteiger partial charge in [-0.2, -0.15) is 5.26 Å². The Balaban J connectivity index is 1.63. The van der Waals surface area contributed by atoms with E-state index in [1.54, 1.807) is 19.1 Å². The highest BCUT2D eigenvalue weighted by atomic mass is 35.5. The number of pyridine rings is 1. The fraction of sp³-hybridized carbons (Fsp3) is 0.333. The first kappa shape index (κ1) is 18.7. The van der Waals surface area contributed by atoms with E-state index in [1.807, 2.05) is 11.0 Å². The van der Waals surface area contributed by atoms with Gasteiger partial charge in [0, 0.05) is 30.4 Å². The molecule has 4 N–H and O–H groups in total. The van der Waals surface area contributed by atoms with Gasteiger partial charge in [0.25, 0.3) is 5.91 Å². The molecule has 0 unspecified atom stereocenters. The molecular weight excluding hydrogens is 368 g/mol. The molecule has 27 heavy (non-hydrogen) atoms. The van der Waals surface area contributed by atoms with Crippen molar-refractivity contribution in [3.63, 3.8) is 0 Å². The van der Waals surface area contributed by atoms with E-state index in [0.717, 1.165) is 5.69 Å². The number of carbonyl (C=O) groups is 2. The lowest BCUT2D eigenvalue weighted by molar-refractivity contribution is 0.0925. The normalized spacial score (nSPS) is 14.6. The molecule has 1 saturated heterocycles. The standard InChI is InChI=1S/C18H19ClN6O2/c1-10-6-12(9-20)16(22-10)18(27)23-13-2-4-25(5-3-13)15-8-11(17(21)26)7-14(19)24-15/h6-8,13,22H,2-5H2,1H3,(H2,21,26)(H,23,27). The van der Waals surface area contributed by atoms with E-state index in [1.165, 1.54) is 6.07 Å². The van der Waals surface area contributed by atoms with Gasteiger partial charge in [0.2, 0.25) is 5.91 Å². The molecule has 2 aromatic heterocycles. The lowest BCUT2D eigenvalue weighted by Crippen LogP contribution is -2.45. The van der Waals surface area contributed by atoms with Crippen molar-refractivity contribution in [3.8, 4) is 6.07 Å². The molecule has 0 saturated carbocycles. The lowest BCUT2D eigenvalue weighted by Gasteiger charge is -2.33. The molecule has 0 atom stereocenters. The molecule has 8 nitrogen and oxygen atoms in total. The van der Waals surface area contributed by atoms with Crippen LogP contribution in [0.2, 0.25) is 5.15 Å². The summed E-state index contributed by atoms with van der Waals surface area (Å²) in [7, 11) is 0. The predicted octanol–water partition coefficient (Wildman–Crippen LogP) is 1.74. The topological polar surface area (TPSA) is 128 Å². The Morgan fingerprint density at radius 2 is 2.07 bits per heavy atom. The number of amides is 2. The summed E-state index contributed by atoms with van der Waals surface area (Å²) < 4.78 is 0. The Kier molecular flexibility index (Phi) is 5.33. The largest absolute Gasteiger partial charge is 0.366 e. The SMILES string of the molecule is Cc1cc(C#N)c(C(=O)NC2CCN(c3cc(C(N)=O)cc(Cl)n3)CC2)[nH]1. The van der Waals surface area contributed by atoms with Crippen molar-refractivity contribution in [1.29, 1.82) is 5.26 Å². The number of halogens is 1. The third kappa shape index (κ3) is 4.20. The summed E-state index contributed by atoms with van der Waals surface area (Å²) in [4.78, 5) is 33.0. The number of nitriles is 1. The van der Waals surface area contributed by atoms with Gasteiger partial charge in [-0.05, 0) is 38.0 Å². The molecule has 0 aromatic carbocycles. The van der Waals surface area contributed by atoms with Crippen molar-refractivity contribution in [3.05, 3.63) is 45.9 Å². The maximum atomic E-state index is 12.4. The molecule has 3 heterocycles. The number of nitrogens with one attached hydrogen (secondary N) is 2. The minimum atomic E-state index is -0.558. The van der Waals surface area contributed by atoms with Gasteiger partial charge in [0.1, 0.15) is 22.7 Å². The summed E-state index contributed by atoms with van der Waals surface area (Å²) in [5.74, 6) is -0.250. The van der Waals surface area contributed by atoms with Crippen molar-refractivity contribution in [1.82, 2.24) is 15.3 Å². The molecule has 0 radical (unpaired) electrons. The van der Waals surface area contributed by atoms with Gasteiger partial charge in [-0.25, -0.2) is 4.98 Å². The summed E-state index contributed by atoms with van der Waals surface area (Å²) in [6, 6.07) is 6.72. The number of carbonyl (C=O) groups excluding carboxylic acids is 2. The van der Waals surface area contributed by atoms with Gasteiger partial charge in [0.05, 0.1) is 5.56 Å². The summed E-state index contributed by atoms with van der Waals surface area (Å²) in [5.41, 5.74) is 7.03. The quantitative estimate of drug-likeness (QED) is 0.689. The Bertz CT molecular complexity index is 924. The van der Waals surface area contributed by atoms with E-state index >= 15 is 0 Å². The number of primary amides is 1. The highest BCUT2D eigenvalue weighted by molar-refractivity contribution is 6.29. The molecule has 0 aliphatic carbocycles. The molecule has 1 aliphatic heterocycles. The third-order valence-electron chi connectivity index (χ3n) is 4.52. The number of aromatic amines is 1. The number of nitrogens with zero attached hydrogens (tertiary/aromatic N) is 3. The fourth-order valence-corrected chi connectivity index (χ4v) is 3.36. The first-order valence-electron chi connectivity index (χ1n) is 8.50. The van der Waals surface area contributed by atoms with E-state index in [2.05, 4.69) is 15.3 Å². The highest BCUT2D eigenvalue weighted by Gasteiger charge is 2.24. The van der Waals surface area contributed by atoms with Crippen LogP contribution in [0.4, 0.5) is 5.82 Å². The van der Waals surface area contributed by atoms with Gasteiger partial charge in [0.15, 0.2) is 0 Å². The van der Waals surface area contributed by atoms with Crippen LogP contribution in [0.3, 0.4) is 0 Å². The van der Waals surface area contributed by atoms with Crippen LogP contribution < -0.4 is 16.0 Å². The monoisotopic (exact) mass is 386 g/mol. The number of aryl methyl sites for hydroxylation is 1. The first-order chi connectivity index (χ1) is 12.9. The zero-order valence-electron chi connectivity index (χ0n) is 14.8. The number of piperidine rings is 1. The van der Waals surface area contributed by atoms with Gasteiger partial charge < -0.3 is 20.9 Å². The summed E-state index contributed by atoms with van der Waals surface area (Å²) in [6.45, 7) is 3.09. The third-order valence-corrected chi connectivity index (χ3v) is 4.71. The van der Waals surface area contributed by atoms with Crippen molar-refractivity contribution < 1.29 is 9.59 Å². The molecule has 3 rings (SSSR count). The van der Waals surface area contributed by atoms with Crippen LogP contribution in [0.5, 0.6) is 0 Å². The summed E-state index contributed by atoms with van der Waals surface area (Å²) in [5, 5.41) is 12.3. The van der Waals surface area contributed by atoms with E-state index in [9.17, 15) is 9.59 Å².